The first-order valence-electron chi connectivity index (χ1n) is 8.24. The first-order valence-corrected chi connectivity index (χ1v) is 8.24. The predicted octanol–water partition coefficient (Wildman–Crippen LogP) is 2.63. The molecule has 0 saturated heterocycles. The maximum atomic E-state index is 12.2. The van der Waals surface area contributed by atoms with Gasteiger partial charge in [0.2, 0.25) is 0 Å². The van der Waals surface area contributed by atoms with Gasteiger partial charge in [-0.2, -0.15) is 0 Å². The molecule has 6 heteroatoms. The molecule has 0 radical (unpaired) electrons. The smallest absolute Gasteiger partial charge is 0.421 e. The molecule has 0 atom stereocenters. The zero-order chi connectivity index (χ0) is 17.4. The number of aromatic nitrogens is 1. The summed E-state index contributed by atoms with van der Waals surface area (Å²) in [5.74, 6) is 1.17. The van der Waals surface area contributed by atoms with Crippen LogP contribution < -0.4 is 15.2 Å². The molecule has 2 heterocycles. The third kappa shape index (κ3) is 2.78. The molecule has 0 amide bonds. The summed E-state index contributed by atoms with van der Waals surface area (Å²) in [5.41, 5.74) is 3.91. The van der Waals surface area contributed by atoms with Gasteiger partial charge in [0.1, 0.15) is 0 Å². The summed E-state index contributed by atoms with van der Waals surface area (Å²) < 4.78 is 17.8. The van der Waals surface area contributed by atoms with E-state index in [0.717, 1.165) is 36.5 Å². The van der Waals surface area contributed by atoms with Gasteiger partial charge in [0.25, 0.3) is 0 Å². The van der Waals surface area contributed by atoms with Gasteiger partial charge >= 0.3 is 5.76 Å². The molecule has 1 aromatic heterocycles. The molecule has 0 fully saturated rings. The van der Waals surface area contributed by atoms with Crippen LogP contribution in [0.15, 0.2) is 45.6 Å². The number of oxazole rings is 1. The van der Waals surface area contributed by atoms with Crippen molar-refractivity contribution in [3.63, 3.8) is 0 Å². The molecule has 0 bridgehead atoms. The third-order valence-electron chi connectivity index (χ3n) is 4.71. The third-order valence-corrected chi connectivity index (χ3v) is 4.71. The second kappa shape index (κ2) is 6.29. The SMILES string of the molecule is COc1cc2c(cc1OC)CN(Cn1c(=O)oc3ccccc31)CC2. The first kappa shape index (κ1) is 15.8. The van der Waals surface area contributed by atoms with Gasteiger partial charge in [-0.3, -0.25) is 9.47 Å². The van der Waals surface area contributed by atoms with Gasteiger partial charge in [0.15, 0.2) is 17.1 Å². The van der Waals surface area contributed by atoms with Crippen molar-refractivity contribution in [2.24, 2.45) is 0 Å². The highest BCUT2D eigenvalue weighted by atomic mass is 16.5. The van der Waals surface area contributed by atoms with Crippen molar-refractivity contribution < 1.29 is 13.9 Å². The lowest BCUT2D eigenvalue weighted by atomic mass is 9.99. The molecule has 0 N–H and O–H groups in total. The van der Waals surface area contributed by atoms with Gasteiger partial charge in [0, 0.05) is 13.1 Å². The van der Waals surface area contributed by atoms with E-state index in [1.807, 2.05) is 36.4 Å². The van der Waals surface area contributed by atoms with E-state index < -0.39 is 0 Å². The molecule has 1 aliphatic heterocycles. The molecule has 0 saturated carbocycles. The first-order chi connectivity index (χ1) is 12.2. The summed E-state index contributed by atoms with van der Waals surface area (Å²) in [6, 6.07) is 11.6. The Hall–Kier alpha value is -2.73. The second-order valence-electron chi connectivity index (χ2n) is 6.18. The summed E-state index contributed by atoms with van der Waals surface area (Å²) in [6.07, 6.45) is 0.903. The van der Waals surface area contributed by atoms with Crippen molar-refractivity contribution in [3.8, 4) is 11.5 Å². The van der Waals surface area contributed by atoms with Crippen molar-refractivity contribution >= 4 is 11.1 Å². The van der Waals surface area contributed by atoms with Crippen molar-refractivity contribution in [1.29, 1.82) is 0 Å². The van der Waals surface area contributed by atoms with Crippen LogP contribution in [0.5, 0.6) is 11.5 Å². The maximum absolute atomic E-state index is 12.2. The largest absolute Gasteiger partial charge is 0.493 e. The number of para-hydroxylation sites is 2. The van der Waals surface area contributed by atoms with E-state index in [2.05, 4.69) is 4.90 Å². The zero-order valence-electron chi connectivity index (χ0n) is 14.3. The van der Waals surface area contributed by atoms with Crippen molar-refractivity contribution in [2.75, 3.05) is 20.8 Å². The average Bonchev–Trinajstić information content (AvgIpc) is 2.96. The van der Waals surface area contributed by atoms with Crippen LogP contribution in [0.3, 0.4) is 0 Å². The van der Waals surface area contributed by atoms with Crippen LogP contribution in [-0.2, 0) is 19.6 Å². The van der Waals surface area contributed by atoms with Crippen molar-refractivity contribution in [3.05, 3.63) is 58.1 Å². The topological polar surface area (TPSA) is 56.8 Å². The fourth-order valence-corrected chi connectivity index (χ4v) is 3.41. The van der Waals surface area contributed by atoms with Crippen LogP contribution in [0.25, 0.3) is 11.1 Å². The average molecular weight is 340 g/mol. The molecule has 2 aromatic carbocycles. The zero-order valence-corrected chi connectivity index (χ0v) is 14.3. The molecular formula is C19H20N2O4. The van der Waals surface area contributed by atoms with Gasteiger partial charge in [0.05, 0.1) is 26.4 Å². The van der Waals surface area contributed by atoms with Crippen LogP contribution in [0.4, 0.5) is 0 Å². The highest BCUT2D eigenvalue weighted by Crippen LogP contribution is 2.33. The van der Waals surface area contributed by atoms with E-state index in [0.29, 0.717) is 12.3 Å². The molecule has 3 aromatic rings. The number of hydrogen-bond acceptors (Lipinski definition) is 5. The minimum atomic E-state index is -0.320. The van der Waals surface area contributed by atoms with E-state index in [1.165, 1.54) is 11.1 Å². The fourth-order valence-electron chi connectivity index (χ4n) is 3.41. The number of methoxy groups -OCH3 is 2. The van der Waals surface area contributed by atoms with Gasteiger partial charge in [-0.15, -0.1) is 0 Å². The summed E-state index contributed by atoms with van der Waals surface area (Å²) in [4.78, 5) is 14.4. The predicted molar refractivity (Wildman–Crippen MR) is 94.1 cm³/mol. The monoisotopic (exact) mass is 340 g/mol. The quantitative estimate of drug-likeness (QED) is 0.731. The van der Waals surface area contributed by atoms with Crippen LogP contribution in [0.1, 0.15) is 11.1 Å². The Morgan fingerprint density at radius 3 is 2.56 bits per heavy atom. The molecule has 4 rings (SSSR count). The maximum Gasteiger partial charge on any atom is 0.421 e. The number of rotatable bonds is 4. The molecule has 1 aliphatic rings. The van der Waals surface area contributed by atoms with Crippen LogP contribution >= 0.6 is 0 Å². The summed E-state index contributed by atoms with van der Waals surface area (Å²) >= 11 is 0. The Labute approximate surface area is 145 Å². The minimum Gasteiger partial charge on any atom is -0.493 e. The Kier molecular flexibility index (Phi) is 3.97. The van der Waals surface area contributed by atoms with Gasteiger partial charge < -0.3 is 13.9 Å². The number of ether oxygens (including phenoxy) is 2. The van der Waals surface area contributed by atoms with Gasteiger partial charge in [-0.1, -0.05) is 12.1 Å². The highest BCUT2D eigenvalue weighted by Gasteiger charge is 2.21. The summed E-state index contributed by atoms with van der Waals surface area (Å²) in [6.45, 7) is 2.12. The van der Waals surface area contributed by atoms with Crippen molar-refractivity contribution in [1.82, 2.24) is 9.47 Å². The Balaban J connectivity index is 1.62. The van der Waals surface area contributed by atoms with E-state index in [-0.39, 0.29) is 5.76 Å². The Bertz CT molecular complexity index is 973. The van der Waals surface area contributed by atoms with Crippen LogP contribution in [0.2, 0.25) is 0 Å². The van der Waals surface area contributed by atoms with Gasteiger partial charge in [-0.25, -0.2) is 4.79 Å². The van der Waals surface area contributed by atoms with E-state index in [1.54, 1.807) is 18.8 Å². The Morgan fingerprint density at radius 1 is 1.08 bits per heavy atom. The highest BCUT2D eigenvalue weighted by molar-refractivity contribution is 5.72. The second-order valence-corrected chi connectivity index (χ2v) is 6.18. The number of hydrogen-bond donors (Lipinski definition) is 0. The van der Waals surface area contributed by atoms with Crippen LogP contribution in [0, 0.1) is 0 Å². The Morgan fingerprint density at radius 2 is 1.80 bits per heavy atom. The lowest BCUT2D eigenvalue weighted by Crippen LogP contribution is -2.34. The minimum absolute atomic E-state index is 0.320. The lowest BCUT2D eigenvalue weighted by Gasteiger charge is -2.29. The van der Waals surface area contributed by atoms with E-state index >= 15 is 0 Å². The molecule has 130 valence electrons. The van der Waals surface area contributed by atoms with Crippen LogP contribution in [-0.4, -0.2) is 30.2 Å². The summed E-state index contributed by atoms with van der Waals surface area (Å²) in [5, 5.41) is 0. The molecule has 25 heavy (non-hydrogen) atoms. The normalized spacial score (nSPS) is 14.5. The molecule has 0 aliphatic carbocycles. The number of fused-ring (bicyclic) bond motifs is 2. The van der Waals surface area contributed by atoms with Gasteiger partial charge in [-0.05, 0) is 41.8 Å². The number of benzene rings is 2. The standard InChI is InChI=1S/C19H20N2O4/c1-23-17-9-13-7-8-20(11-14(13)10-18(17)24-2)12-21-15-5-3-4-6-16(15)25-19(21)22/h3-6,9-10H,7-8,11-12H2,1-2H3. The molecular weight excluding hydrogens is 320 g/mol. The summed E-state index contributed by atoms with van der Waals surface area (Å²) in [7, 11) is 3.29. The van der Waals surface area contributed by atoms with Crippen molar-refractivity contribution in [2.45, 2.75) is 19.6 Å². The number of nitrogens with zero attached hydrogens (tertiary/aromatic N) is 2. The van der Waals surface area contributed by atoms with E-state index in [9.17, 15) is 4.79 Å². The molecule has 0 unspecified atom stereocenters. The van der Waals surface area contributed by atoms with E-state index in [4.69, 9.17) is 13.9 Å². The lowest BCUT2D eigenvalue weighted by molar-refractivity contribution is 0.195. The molecule has 0 spiro atoms. The fraction of sp³-hybridized carbons (Fsp3) is 0.316. The molecule has 6 nitrogen and oxygen atoms in total.